The van der Waals surface area contributed by atoms with Crippen molar-refractivity contribution in [2.24, 2.45) is 0 Å². The Labute approximate surface area is 111 Å². The zero-order valence-corrected chi connectivity index (χ0v) is 11.3. The molecular weight excluding hydrogens is 256 g/mol. The minimum Gasteiger partial charge on any atom is -0.389 e. The van der Waals surface area contributed by atoms with Gasteiger partial charge in [0, 0.05) is 42.6 Å². The van der Waals surface area contributed by atoms with Crippen LogP contribution < -0.4 is 0 Å². The summed E-state index contributed by atoms with van der Waals surface area (Å²) in [5.74, 6) is 1.60. The summed E-state index contributed by atoms with van der Waals surface area (Å²) in [6.45, 7) is 1.34. The molecule has 2 rings (SSSR count). The molecule has 1 aromatic rings. The number of hydrogen-bond donors (Lipinski definition) is 1. The van der Waals surface area contributed by atoms with Crippen LogP contribution in [0.4, 0.5) is 0 Å². The number of benzene rings is 1. The van der Waals surface area contributed by atoms with E-state index in [-0.39, 0.29) is 0 Å². The first kappa shape index (κ1) is 13.2. The van der Waals surface area contributed by atoms with Crippen molar-refractivity contribution in [3.05, 3.63) is 34.9 Å². The summed E-state index contributed by atoms with van der Waals surface area (Å²) in [7, 11) is 0. The average Bonchev–Trinajstić information content (AvgIpc) is 2.32. The van der Waals surface area contributed by atoms with Gasteiger partial charge in [0.2, 0.25) is 0 Å². The molecule has 0 spiro atoms. The molecule has 1 heterocycles. The lowest BCUT2D eigenvalue weighted by molar-refractivity contribution is -0.0476. The van der Waals surface area contributed by atoms with Crippen LogP contribution in [-0.4, -0.2) is 29.7 Å². The highest BCUT2D eigenvalue weighted by atomic mass is 35.5. The number of aliphatic hydroxyl groups is 1. The SMILES string of the molecule is OC1(CSCc2ccccc2Cl)CCOCC1. The lowest BCUT2D eigenvalue weighted by Crippen LogP contribution is -2.38. The Kier molecular flexibility index (Phi) is 4.74. The molecule has 1 aliphatic rings. The standard InChI is InChI=1S/C13H17ClO2S/c14-12-4-2-1-3-11(12)9-17-10-13(15)5-7-16-8-6-13/h1-4,15H,5-10H2. The lowest BCUT2D eigenvalue weighted by Gasteiger charge is -2.31. The van der Waals surface area contributed by atoms with E-state index in [1.165, 1.54) is 0 Å². The third-order valence-electron chi connectivity index (χ3n) is 3.01. The number of halogens is 1. The van der Waals surface area contributed by atoms with Gasteiger partial charge in [-0.1, -0.05) is 29.8 Å². The van der Waals surface area contributed by atoms with Gasteiger partial charge in [-0.2, -0.15) is 11.8 Å². The number of hydrogen-bond acceptors (Lipinski definition) is 3. The van der Waals surface area contributed by atoms with Gasteiger partial charge < -0.3 is 9.84 Å². The summed E-state index contributed by atoms with van der Waals surface area (Å²) in [4.78, 5) is 0. The Morgan fingerprint density at radius 1 is 1.29 bits per heavy atom. The molecule has 17 heavy (non-hydrogen) atoms. The molecular formula is C13H17ClO2S. The van der Waals surface area contributed by atoms with Crippen LogP contribution in [0.5, 0.6) is 0 Å². The summed E-state index contributed by atoms with van der Waals surface area (Å²) in [6.07, 6.45) is 1.48. The van der Waals surface area contributed by atoms with E-state index in [1.54, 1.807) is 11.8 Å². The predicted octanol–water partition coefficient (Wildman–Crippen LogP) is 3.11. The molecule has 94 valence electrons. The molecule has 0 bridgehead atoms. The van der Waals surface area contributed by atoms with Crippen molar-refractivity contribution in [3.63, 3.8) is 0 Å². The van der Waals surface area contributed by atoms with E-state index in [9.17, 15) is 5.11 Å². The van der Waals surface area contributed by atoms with Gasteiger partial charge in [-0.05, 0) is 11.6 Å². The molecule has 1 saturated heterocycles. The van der Waals surface area contributed by atoms with E-state index in [1.807, 2.05) is 24.3 Å². The van der Waals surface area contributed by atoms with Crippen molar-refractivity contribution < 1.29 is 9.84 Å². The molecule has 1 aliphatic heterocycles. The Morgan fingerprint density at radius 2 is 2.00 bits per heavy atom. The van der Waals surface area contributed by atoms with Crippen LogP contribution in [0.15, 0.2) is 24.3 Å². The van der Waals surface area contributed by atoms with Crippen LogP contribution in [0.3, 0.4) is 0 Å². The van der Waals surface area contributed by atoms with Crippen molar-refractivity contribution >= 4 is 23.4 Å². The van der Waals surface area contributed by atoms with Gasteiger partial charge in [0.05, 0.1) is 5.60 Å². The molecule has 0 aromatic heterocycles. The van der Waals surface area contributed by atoms with Gasteiger partial charge in [0.25, 0.3) is 0 Å². The minimum atomic E-state index is -0.551. The van der Waals surface area contributed by atoms with Gasteiger partial charge >= 0.3 is 0 Å². The van der Waals surface area contributed by atoms with Crippen LogP contribution in [0, 0.1) is 0 Å². The Bertz CT molecular complexity index is 364. The first-order chi connectivity index (χ1) is 8.20. The fourth-order valence-electron chi connectivity index (χ4n) is 1.86. The van der Waals surface area contributed by atoms with Crippen molar-refractivity contribution in [2.75, 3.05) is 19.0 Å². The average molecular weight is 273 g/mol. The van der Waals surface area contributed by atoms with Crippen LogP contribution in [0.2, 0.25) is 5.02 Å². The Balaban J connectivity index is 1.81. The van der Waals surface area contributed by atoms with Gasteiger partial charge in [0.15, 0.2) is 0 Å². The van der Waals surface area contributed by atoms with Crippen molar-refractivity contribution in [3.8, 4) is 0 Å². The highest BCUT2D eigenvalue weighted by Gasteiger charge is 2.29. The zero-order chi connectivity index (χ0) is 12.1. The molecule has 0 amide bonds. The number of rotatable bonds is 4. The van der Waals surface area contributed by atoms with Crippen molar-refractivity contribution in [2.45, 2.75) is 24.2 Å². The largest absolute Gasteiger partial charge is 0.389 e. The first-order valence-corrected chi connectivity index (χ1v) is 7.34. The molecule has 1 N–H and O–H groups in total. The monoisotopic (exact) mass is 272 g/mol. The second-order valence-electron chi connectivity index (χ2n) is 4.42. The zero-order valence-electron chi connectivity index (χ0n) is 9.69. The topological polar surface area (TPSA) is 29.5 Å². The molecule has 0 saturated carbocycles. The van der Waals surface area contributed by atoms with E-state index in [4.69, 9.17) is 16.3 Å². The second-order valence-corrected chi connectivity index (χ2v) is 5.81. The molecule has 0 atom stereocenters. The summed E-state index contributed by atoms with van der Waals surface area (Å²) in [5, 5.41) is 11.1. The van der Waals surface area contributed by atoms with Crippen LogP contribution in [-0.2, 0) is 10.5 Å². The Morgan fingerprint density at radius 3 is 2.71 bits per heavy atom. The molecule has 0 radical (unpaired) electrons. The normalized spacial score (nSPS) is 19.2. The molecule has 0 aliphatic carbocycles. The highest BCUT2D eigenvalue weighted by Crippen LogP contribution is 2.28. The first-order valence-electron chi connectivity index (χ1n) is 5.81. The predicted molar refractivity (Wildman–Crippen MR) is 72.6 cm³/mol. The molecule has 1 aromatic carbocycles. The lowest BCUT2D eigenvalue weighted by atomic mass is 9.97. The van der Waals surface area contributed by atoms with Crippen LogP contribution in [0.1, 0.15) is 18.4 Å². The van der Waals surface area contributed by atoms with Gasteiger partial charge in [-0.3, -0.25) is 0 Å². The number of ether oxygens (including phenoxy) is 1. The molecule has 4 heteroatoms. The van der Waals surface area contributed by atoms with Gasteiger partial charge in [0.1, 0.15) is 0 Å². The summed E-state index contributed by atoms with van der Waals surface area (Å²) in [5.41, 5.74) is 0.583. The van der Waals surface area contributed by atoms with Crippen molar-refractivity contribution in [1.29, 1.82) is 0 Å². The Hall–Kier alpha value is -0.220. The van der Waals surface area contributed by atoms with E-state index >= 15 is 0 Å². The van der Waals surface area contributed by atoms with Crippen molar-refractivity contribution in [1.82, 2.24) is 0 Å². The fourth-order valence-corrected chi connectivity index (χ4v) is 3.39. The smallest absolute Gasteiger partial charge is 0.0781 e. The van der Waals surface area contributed by atoms with Gasteiger partial charge in [-0.15, -0.1) is 0 Å². The third-order valence-corrected chi connectivity index (χ3v) is 4.63. The maximum Gasteiger partial charge on any atom is 0.0781 e. The quantitative estimate of drug-likeness (QED) is 0.913. The molecule has 1 fully saturated rings. The van der Waals surface area contributed by atoms with Crippen LogP contribution >= 0.6 is 23.4 Å². The maximum atomic E-state index is 10.3. The summed E-state index contributed by atoms with van der Waals surface area (Å²) >= 11 is 7.82. The van der Waals surface area contributed by atoms with E-state index < -0.39 is 5.60 Å². The number of thioether (sulfide) groups is 1. The van der Waals surface area contributed by atoms with E-state index in [2.05, 4.69) is 0 Å². The summed E-state index contributed by atoms with van der Waals surface area (Å²) in [6, 6.07) is 7.86. The van der Waals surface area contributed by atoms with E-state index in [0.717, 1.165) is 34.9 Å². The molecule has 0 unspecified atom stereocenters. The summed E-state index contributed by atoms with van der Waals surface area (Å²) < 4.78 is 5.26. The van der Waals surface area contributed by atoms with Gasteiger partial charge in [-0.25, -0.2) is 0 Å². The van der Waals surface area contributed by atoms with E-state index in [0.29, 0.717) is 13.2 Å². The minimum absolute atomic E-state index is 0.551. The third kappa shape index (κ3) is 3.88. The highest BCUT2D eigenvalue weighted by molar-refractivity contribution is 7.98. The fraction of sp³-hybridized carbons (Fsp3) is 0.538. The maximum absolute atomic E-state index is 10.3. The van der Waals surface area contributed by atoms with Crippen LogP contribution in [0.25, 0.3) is 0 Å². The molecule has 2 nitrogen and oxygen atoms in total. The second kappa shape index (κ2) is 6.10.